The van der Waals surface area contributed by atoms with Crippen LogP contribution in [0.15, 0.2) is 35.6 Å². The Morgan fingerprint density at radius 3 is 2.29 bits per heavy atom. The van der Waals surface area contributed by atoms with Crippen molar-refractivity contribution in [2.75, 3.05) is 31.6 Å². The van der Waals surface area contributed by atoms with E-state index in [1.807, 2.05) is 20.9 Å². The van der Waals surface area contributed by atoms with Gasteiger partial charge in [0, 0.05) is 12.8 Å². The number of nitrogens with two attached hydrogens (primary N) is 1. The lowest BCUT2D eigenvalue weighted by atomic mass is 9.51. The summed E-state index contributed by atoms with van der Waals surface area (Å²) in [6.07, 6.45) is 9.83. The molecule has 0 saturated heterocycles. The molecule has 282 valence electrons. The second kappa shape index (κ2) is 22.3. The van der Waals surface area contributed by atoms with Crippen molar-refractivity contribution in [3.05, 3.63) is 35.6 Å². The number of hydrogen-bond donors (Lipinski definition) is 1. The van der Waals surface area contributed by atoms with Crippen LogP contribution < -0.4 is 5.14 Å². The van der Waals surface area contributed by atoms with Crippen molar-refractivity contribution in [1.29, 1.82) is 0 Å². The van der Waals surface area contributed by atoms with Crippen LogP contribution in [0.3, 0.4) is 0 Å². The number of rotatable bonds is 16. The summed E-state index contributed by atoms with van der Waals surface area (Å²) < 4.78 is 66.5. The number of allylic oxidation sites excluding steroid dienone is 5. The summed E-state index contributed by atoms with van der Waals surface area (Å²) in [6.45, 7) is 22.1. The number of nitrogens with zero attached hydrogens (tertiary/aromatic N) is 1. The molecule has 0 heterocycles. The lowest BCUT2D eigenvalue weighted by Gasteiger charge is -2.53. The van der Waals surface area contributed by atoms with Gasteiger partial charge in [-0.05, 0) is 124 Å². The fraction of sp³-hybridized carbons (Fsp3) is 0.842. The minimum atomic E-state index is -5.42. The summed E-state index contributed by atoms with van der Waals surface area (Å²) in [7, 11) is 2.05. The summed E-state index contributed by atoms with van der Waals surface area (Å²) >= 11 is 2.40. The zero-order valence-electron chi connectivity index (χ0n) is 31.2. The molecule has 0 spiro atoms. The summed E-state index contributed by atoms with van der Waals surface area (Å²) in [5.74, 6) is 1.45. The third-order valence-corrected chi connectivity index (χ3v) is 12.3. The van der Waals surface area contributed by atoms with E-state index in [0.717, 1.165) is 73.3 Å². The van der Waals surface area contributed by atoms with E-state index in [2.05, 4.69) is 58.2 Å². The minimum Gasteiger partial charge on any atom is -0.414 e. The first-order valence-electron chi connectivity index (χ1n) is 18.5. The molecule has 0 radical (unpaired) electrons. The number of hydrogen-bond acceptors (Lipinski definition) is 5. The maximum Gasteiger partial charge on any atom is 0.453 e. The monoisotopic (exact) mass is 726 g/mol. The Bertz CT molecular complexity index is 989. The van der Waals surface area contributed by atoms with Crippen molar-refractivity contribution in [3.8, 4) is 0 Å². The van der Waals surface area contributed by atoms with Crippen molar-refractivity contribution in [1.82, 2.24) is 4.90 Å². The molecule has 0 amide bonds. The second-order valence-electron chi connectivity index (χ2n) is 14.1. The molecule has 0 aromatic heterocycles. The standard InChI is InChI=1S/C22H35NOS.C14H26F5NS.C2H6/c1-6-17(24-25-23)8-9-18-14(2)13-15(3)21-19(18)11-12-22(5)16(4)7-10-20(21)22;1-3-4-5-9-20(2)10-7-12-21-11-6-8-13(15,16)14(17,18)19;1-2/h8-9,14-15,19-21H,4,6-7,10-13,23H2,1-3,5H3;3-12H2,1-2H3;1-2H3/b17-8+,18-9+;;/t14?,15-,19?,20?,21?,22?;;/m1../s1. The van der Waals surface area contributed by atoms with Crippen LogP contribution in [0, 0.1) is 35.0 Å². The van der Waals surface area contributed by atoms with E-state index < -0.39 is 18.5 Å². The Balaban J connectivity index is 0.000000465. The van der Waals surface area contributed by atoms with Gasteiger partial charge in [-0.2, -0.15) is 33.7 Å². The first-order valence-corrected chi connectivity index (χ1v) is 20.4. The summed E-state index contributed by atoms with van der Waals surface area (Å²) in [5, 5.41) is 5.48. The van der Waals surface area contributed by atoms with Crippen LogP contribution in [-0.2, 0) is 4.18 Å². The number of fused-ring (bicyclic) bond motifs is 3. The largest absolute Gasteiger partial charge is 0.453 e. The molecule has 0 bridgehead atoms. The van der Waals surface area contributed by atoms with Gasteiger partial charge in [0.1, 0.15) is 18.0 Å². The fourth-order valence-electron chi connectivity index (χ4n) is 8.07. The third kappa shape index (κ3) is 13.4. The van der Waals surface area contributed by atoms with Gasteiger partial charge in [-0.25, -0.2) is 5.14 Å². The maximum atomic E-state index is 12.6. The van der Waals surface area contributed by atoms with Gasteiger partial charge in [0.05, 0.1) is 0 Å². The zero-order chi connectivity index (χ0) is 36.5. The van der Waals surface area contributed by atoms with Crippen molar-refractivity contribution in [3.63, 3.8) is 0 Å². The van der Waals surface area contributed by atoms with E-state index in [1.54, 1.807) is 5.57 Å². The molecule has 6 atom stereocenters. The predicted octanol–water partition coefficient (Wildman–Crippen LogP) is 12.7. The van der Waals surface area contributed by atoms with Crippen LogP contribution in [-0.4, -0.2) is 48.6 Å². The molecule has 0 aromatic carbocycles. The van der Waals surface area contributed by atoms with E-state index in [0.29, 0.717) is 17.1 Å². The molecule has 48 heavy (non-hydrogen) atoms. The third-order valence-electron chi connectivity index (χ3n) is 10.8. The minimum absolute atomic E-state index is 0.108. The van der Waals surface area contributed by atoms with E-state index in [9.17, 15) is 22.0 Å². The van der Waals surface area contributed by atoms with E-state index in [4.69, 9.17) is 9.32 Å². The summed E-state index contributed by atoms with van der Waals surface area (Å²) in [6, 6.07) is 0. The zero-order valence-corrected chi connectivity index (χ0v) is 32.8. The molecule has 3 fully saturated rings. The second-order valence-corrected chi connectivity index (χ2v) is 15.7. The highest BCUT2D eigenvalue weighted by Crippen LogP contribution is 2.63. The molecule has 10 heteroatoms. The van der Waals surface area contributed by atoms with E-state index in [1.165, 1.54) is 68.7 Å². The highest BCUT2D eigenvalue weighted by molar-refractivity contribution is 7.99. The lowest BCUT2D eigenvalue weighted by Crippen LogP contribution is -2.46. The first kappa shape index (κ1) is 45.3. The van der Waals surface area contributed by atoms with Crippen molar-refractivity contribution >= 4 is 24.0 Å². The normalized spacial score (nSPS) is 28.3. The van der Waals surface area contributed by atoms with Crippen molar-refractivity contribution in [2.24, 2.45) is 40.1 Å². The van der Waals surface area contributed by atoms with Gasteiger partial charge in [0.25, 0.3) is 0 Å². The Kier molecular flexibility index (Phi) is 21.0. The van der Waals surface area contributed by atoms with Crippen LogP contribution in [0.1, 0.15) is 126 Å². The summed E-state index contributed by atoms with van der Waals surface area (Å²) in [5.41, 5.74) is 3.57. The SMILES string of the molecule is C=C1CCC2C3C(CCC12C)/C(=C/C=C(\CC)OSN)C(C)C[C@H]3C.CC.CCCCCN(C)CCCSCCCC(F)(F)C(F)(F)F. The number of alkyl halides is 5. The van der Waals surface area contributed by atoms with Gasteiger partial charge in [-0.15, -0.1) is 0 Å². The maximum absolute atomic E-state index is 12.6. The van der Waals surface area contributed by atoms with Gasteiger partial charge >= 0.3 is 12.1 Å². The Hall–Kier alpha value is -0.710. The molecule has 2 N–H and O–H groups in total. The number of unbranched alkanes of at least 4 members (excludes halogenated alkanes) is 2. The smallest absolute Gasteiger partial charge is 0.414 e. The van der Waals surface area contributed by atoms with Crippen molar-refractivity contribution in [2.45, 2.75) is 138 Å². The van der Waals surface area contributed by atoms with Gasteiger partial charge in [-0.3, -0.25) is 0 Å². The van der Waals surface area contributed by atoms with Gasteiger partial charge in [-0.1, -0.05) is 85.1 Å². The summed E-state index contributed by atoms with van der Waals surface area (Å²) in [4.78, 5) is 2.23. The highest BCUT2D eigenvalue weighted by atomic mass is 32.2. The fourth-order valence-corrected chi connectivity index (χ4v) is 9.25. The molecule has 3 saturated carbocycles. The molecule has 5 unspecified atom stereocenters. The van der Waals surface area contributed by atoms with Gasteiger partial charge in [0.2, 0.25) is 0 Å². The van der Waals surface area contributed by atoms with E-state index >= 15 is 0 Å². The lowest BCUT2D eigenvalue weighted by molar-refractivity contribution is -0.284. The molecular formula is C38H67F5N2OS2. The Morgan fingerprint density at radius 1 is 1.04 bits per heavy atom. The van der Waals surface area contributed by atoms with Gasteiger partial charge < -0.3 is 9.08 Å². The number of thioether (sulfide) groups is 1. The van der Waals surface area contributed by atoms with Crippen LogP contribution in [0.5, 0.6) is 0 Å². The van der Waals surface area contributed by atoms with Crippen LogP contribution in [0.4, 0.5) is 22.0 Å². The average Bonchev–Trinajstić information content (AvgIpc) is 3.34. The van der Waals surface area contributed by atoms with E-state index in [-0.39, 0.29) is 6.42 Å². The molecule has 3 rings (SSSR count). The van der Waals surface area contributed by atoms with Crippen LogP contribution >= 0.6 is 24.0 Å². The molecular weight excluding hydrogens is 660 g/mol. The highest BCUT2D eigenvalue weighted by Gasteiger charge is 2.56. The average molecular weight is 727 g/mol. The Labute approximate surface area is 299 Å². The van der Waals surface area contributed by atoms with Crippen LogP contribution in [0.25, 0.3) is 0 Å². The molecule has 3 nitrogen and oxygen atoms in total. The molecule has 3 aliphatic rings. The number of halogens is 5. The predicted molar refractivity (Wildman–Crippen MR) is 199 cm³/mol. The quantitative estimate of drug-likeness (QED) is 0.0428. The van der Waals surface area contributed by atoms with Crippen LogP contribution in [0.2, 0.25) is 0 Å². The molecule has 0 aromatic rings. The molecule has 0 aliphatic heterocycles. The Morgan fingerprint density at radius 2 is 1.69 bits per heavy atom. The first-order chi connectivity index (χ1) is 22.6. The molecule has 3 aliphatic carbocycles. The van der Waals surface area contributed by atoms with Gasteiger partial charge in [0.15, 0.2) is 0 Å². The topological polar surface area (TPSA) is 38.5 Å². The van der Waals surface area contributed by atoms with Crippen molar-refractivity contribution < 1.29 is 26.1 Å².